The molecule has 0 fully saturated rings. The Bertz CT molecular complexity index is 107. The van der Waals surface area contributed by atoms with E-state index in [9.17, 15) is 0 Å². The molecule has 0 radical (unpaired) electrons. The average molecular weight is 129 g/mol. The molecule has 0 bridgehead atoms. The van der Waals surface area contributed by atoms with E-state index in [-0.39, 0.29) is 11.7 Å². The van der Waals surface area contributed by atoms with Gasteiger partial charge in [0.25, 0.3) is 0 Å². The predicted octanol–water partition coefficient (Wildman–Crippen LogP) is 0.601. The molecule has 0 aliphatic carbocycles. The van der Waals surface area contributed by atoms with Crippen LogP contribution >= 0.6 is 0 Å². The van der Waals surface area contributed by atoms with E-state index in [4.69, 9.17) is 0 Å². The van der Waals surface area contributed by atoms with Crippen LogP contribution in [0.3, 0.4) is 0 Å². The zero-order valence-corrected chi connectivity index (χ0v) is 6.15. The van der Waals surface area contributed by atoms with Crippen molar-refractivity contribution >= 4 is 6.21 Å². The highest BCUT2D eigenvalue weighted by atomic mass is 15.0. The molecule has 0 aromatic heterocycles. The Hall–Kier alpha value is -0.410. The highest BCUT2D eigenvalue weighted by Crippen LogP contribution is 1.99. The first-order valence-corrected chi connectivity index (χ1v) is 2.97. The van der Waals surface area contributed by atoms with Crippen LogP contribution in [0.15, 0.2) is 4.99 Å². The highest BCUT2D eigenvalue weighted by Gasteiger charge is 2.14. The van der Waals surface area contributed by atoms with Crippen LogP contribution in [-0.2, 0) is 0 Å². The Morgan fingerprint density at radius 3 is 2.44 bits per heavy atom. The van der Waals surface area contributed by atoms with Crippen LogP contribution in [0.25, 0.3) is 0 Å². The SMILES string of the molecule is CC1(C)C=NCCN1.N. The van der Waals surface area contributed by atoms with Crippen molar-refractivity contribution in [1.82, 2.24) is 11.5 Å². The molecule has 0 saturated heterocycles. The standard InChI is InChI=1S/C6H12N2.H3N/c1-6(2)5-7-3-4-8-6;/h5,8H,3-4H2,1-2H3;1H3. The van der Waals surface area contributed by atoms with E-state index in [1.807, 2.05) is 6.21 Å². The normalized spacial score (nSPS) is 22.9. The van der Waals surface area contributed by atoms with Gasteiger partial charge in [0.15, 0.2) is 0 Å². The molecule has 0 aromatic carbocycles. The van der Waals surface area contributed by atoms with Gasteiger partial charge < -0.3 is 11.5 Å². The van der Waals surface area contributed by atoms with Crippen molar-refractivity contribution in [3.05, 3.63) is 0 Å². The molecule has 3 heteroatoms. The lowest BCUT2D eigenvalue weighted by Crippen LogP contribution is -2.44. The van der Waals surface area contributed by atoms with Gasteiger partial charge in [0, 0.05) is 18.3 Å². The van der Waals surface area contributed by atoms with Crippen LogP contribution in [0.5, 0.6) is 0 Å². The van der Waals surface area contributed by atoms with Crippen molar-refractivity contribution in [2.75, 3.05) is 13.1 Å². The quantitative estimate of drug-likeness (QED) is 0.503. The van der Waals surface area contributed by atoms with Gasteiger partial charge in [-0.1, -0.05) is 0 Å². The van der Waals surface area contributed by atoms with E-state index in [0.29, 0.717) is 0 Å². The summed E-state index contributed by atoms with van der Waals surface area (Å²) in [7, 11) is 0. The zero-order chi connectivity index (χ0) is 6.04. The summed E-state index contributed by atoms with van der Waals surface area (Å²) in [5.41, 5.74) is 0.137. The molecule has 0 unspecified atom stereocenters. The molecule has 0 atom stereocenters. The van der Waals surface area contributed by atoms with Crippen molar-refractivity contribution in [3.8, 4) is 0 Å². The molecule has 0 aromatic rings. The molecule has 1 heterocycles. The van der Waals surface area contributed by atoms with Crippen LogP contribution < -0.4 is 11.5 Å². The monoisotopic (exact) mass is 129 g/mol. The van der Waals surface area contributed by atoms with Crippen molar-refractivity contribution in [3.63, 3.8) is 0 Å². The number of aliphatic imine (C=N–C) groups is 1. The molecule has 1 rings (SSSR count). The summed E-state index contributed by atoms with van der Waals surface area (Å²) in [5, 5.41) is 3.31. The van der Waals surface area contributed by atoms with E-state index < -0.39 is 0 Å². The van der Waals surface area contributed by atoms with Gasteiger partial charge in [-0.2, -0.15) is 0 Å². The maximum Gasteiger partial charge on any atom is 0.0511 e. The summed E-state index contributed by atoms with van der Waals surface area (Å²) in [6.45, 7) is 6.19. The van der Waals surface area contributed by atoms with Crippen molar-refractivity contribution in [1.29, 1.82) is 0 Å². The van der Waals surface area contributed by atoms with E-state index in [1.165, 1.54) is 0 Å². The minimum absolute atomic E-state index is 0. The average Bonchev–Trinajstić information content (AvgIpc) is 1.65. The molecule has 0 spiro atoms. The molecule has 1 aliphatic rings. The third-order valence-electron chi connectivity index (χ3n) is 1.24. The van der Waals surface area contributed by atoms with Gasteiger partial charge in [-0.15, -0.1) is 0 Å². The largest absolute Gasteiger partial charge is 0.344 e. The second kappa shape index (κ2) is 2.94. The molecule has 9 heavy (non-hydrogen) atoms. The summed E-state index contributed by atoms with van der Waals surface area (Å²) >= 11 is 0. The van der Waals surface area contributed by atoms with Gasteiger partial charge in [-0.3, -0.25) is 4.99 Å². The summed E-state index contributed by atoms with van der Waals surface area (Å²) < 4.78 is 0. The first-order chi connectivity index (χ1) is 3.71. The van der Waals surface area contributed by atoms with Crippen LogP contribution in [0.2, 0.25) is 0 Å². The maximum atomic E-state index is 4.14. The number of hydrogen-bond acceptors (Lipinski definition) is 3. The van der Waals surface area contributed by atoms with E-state index >= 15 is 0 Å². The van der Waals surface area contributed by atoms with Crippen LogP contribution in [0.1, 0.15) is 13.8 Å². The molecule has 0 amide bonds. The molecule has 54 valence electrons. The van der Waals surface area contributed by atoms with Gasteiger partial charge >= 0.3 is 0 Å². The fourth-order valence-corrected chi connectivity index (χ4v) is 0.781. The Labute approximate surface area is 56.1 Å². The number of nitrogens with zero attached hydrogens (tertiary/aromatic N) is 1. The lowest BCUT2D eigenvalue weighted by molar-refractivity contribution is 0.502. The minimum Gasteiger partial charge on any atom is -0.344 e. The van der Waals surface area contributed by atoms with Gasteiger partial charge in [0.1, 0.15) is 0 Å². The predicted molar refractivity (Wildman–Crippen MR) is 40.5 cm³/mol. The highest BCUT2D eigenvalue weighted by molar-refractivity contribution is 5.69. The van der Waals surface area contributed by atoms with Crippen LogP contribution in [-0.4, -0.2) is 24.8 Å². The zero-order valence-electron chi connectivity index (χ0n) is 6.15. The van der Waals surface area contributed by atoms with Gasteiger partial charge in [0.05, 0.1) is 6.54 Å². The summed E-state index contributed by atoms with van der Waals surface area (Å²) in [4.78, 5) is 4.14. The Kier molecular flexibility index (Phi) is 2.81. The second-order valence-electron chi connectivity index (χ2n) is 2.68. The fraction of sp³-hybridized carbons (Fsp3) is 0.833. The summed E-state index contributed by atoms with van der Waals surface area (Å²) in [5.74, 6) is 0. The second-order valence-corrected chi connectivity index (χ2v) is 2.68. The third-order valence-corrected chi connectivity index (χ3v) is 1.24. The topological polar surface area (TPSA) is 59.4 Å². The van der Waals surface area contributed by atoms with Gasteiger partial charge in [-0.05, 0) is 13.8 Å². The smallest absolute Gasteiger partial charge is 0.0511 e. The summed E-state index contributed by atoms with van der Waals surface area (Å²) in [6, 6.07) is 0. The fourth-order valence-electron chi connectivity index (χ4n) is 0.781. The molecular weight excluding hydrogens is 114 g/mol. The van der Waals surface area contributed by atoms with Crippen LogP contribution in [0.4, 0.5) is 0 Å². The van der Waals surface area contributed by atoms with Crippen molar-refractivity contribution in [2.24, 2.45) is 4.99 Å². The van der Waals surface area contributed by atoms with Crippen molar-refractivity contribution in [2.45, 2.75) is 19.4 Å². The van der Waals surface area contributed by atoms with Gasteiger partial charge in [0.2, 0.25) is 0 Å². The first kappa shape index (κ1) is 8.59. The molecule has 0 saturated carbocycles. The Morgan fingerprint density at radius 1 is 1.56 bits per heavy atom. The Morgan fingerprint density at radius 2 is 2.22 bits per heavy atom. The van der Waals surface area contributed by atoms with E-state index in [1.54, 1.807) is 0 Å². The number of rotatable bonds is 0. The Balaban J connectivity index is 0.000000640. The number of hydrogen-bond donors (Lipinski definition) is 2. The van der Waals surface area contributed by atoms with E-state index in [2.05, 4.69) is 24.2 Å². The number of nitrogens with one attached hydrogen (secondary N) is 1. The molecular formula is C6H15N3. The summed E-state index contributed by atoms with van der Waals surface area (Å²) in [6.07, 6.45) is 1.97. The maximum absolute atomic E-state index is 4.14. The molecule has 4 N–H and O–H groups in total. The van der Waals surface area contributed by atoms with Gasteiger partial charge in [-0.25, -0.2) is 0 Å². The minimum atomic E-state index is 0. The molecule has 3 nitrogen and oxygen atoms in total. The third kappa shape index (κ3) is 2.58. The first-order valence-electron chi connectivity index (χ1n) is 2.97. The van der Waals surface area contributed by atoms with E-state index in [0.717, 1.165) is 13.1 Å². The lowest BCUT2D eigenvalue weighted by atomic mass is 10.1. The lowest BCUT2D eigenvalue weighted by Gasteiger charge is -2.24. The van der Waals surface area contributed by atoms with Crippen molar-refractivity contribution < 1.29 is 0 Å². The van der Waals surface area contributed by atoms with Crippen LogP contribution in [0, 0.1) is 0 Å². The molecule has 1 aliphatic heterocycles.